The van der Waals surface area contributed by atoms with Crippen LogP contribution in [-0.2, 0) is 9.53 Å². The number of aliphatic hydroxyl groups is 1. The third kappa shape index (κ3) is 3.24. The van der Waals surface area contributed by atoms with Crippen molar-refractivity contribution in [1.82, 2.24) is 0 Å². The first-order valence-electron chi connectivity index (χ1n) is 12.0. The van der Waals surface area contributed by atoms with Gasteiger partial charge in [-0.15, -0.1) is 0 Å². The van der Waals surface area contributed by atoms with Crippen molar-refractivity contribution in [2.24, 2.45) is 46.3 Å². The predicted molar refractivity (Wildman–Crippen MR) is 112 cm³/mol. The molecule has 0 aromatic heterocycles. The number of methoxy groups -OCH3 is 1. The Morgan fingerprint density at radius 1 is 1.04 bits per heavy atom. The number of fused-ring (bicyclic) bond motifs is 5. The molecule has 4 saturated carbocycles. The number of rotatable bonds is 4. The molecule has 0 aliphatic heterocycles. The Labute approximate surface area is 172 Å². The molecule has 9 atom stereocenters. The van der Waals surface area contributed by atoms with Crippen LogP contribution in [0.25, 0.3) is 0 Å². The van der Waals surface area contributed by atoms with Crippen molar-refractivity contribution in [3.05, 3.63) is 0 Å². The van der Waals surface area contributed by atoms with Gasteiger partial charge in [-0.1, -0.05) is 20.8 Å². The number of hydrogen-bond donors (Lipinski definition) is 1. The summed E-state index contributed by atoms with van der Waals surface area (Å²) in [4.78, 5) is 11.6. The van der Waals surface area contributed by atoms with E-state index in [2.05, 4.69) is 20.8 Å². The van der Waals surface area contributed by atoms with Crippen molar-refractivity contribution in [1.29, 1.82) is 0 Å². The molecule has 5 unspecified atom stereocenters. The van der Waals surface area contributed by atoms with Crippen LogP contribution in [0.3, 0.4) is 0 Å². The number of aliphatic hydroxyl groups excluding tert-OH is 1. The molecule has 4 aliphatic carbocycles. The van der Waals surface area contributed by atoms with E-state index in [0.717, 1.165) is 48.9 Å². The normalized spacial score (nSPS) is 48.9. The fraction of sp³-hybridized carbons (Fsp3) is 0.960. The van der Waals surface area contributed by atoms with E-state index in [4.69, 9.17) is 4.74 Å². The maximum atomic E-state index is 11.6. The minimum absolute atomic E-state index is 0.0463. The highest BCUT2D eigenvalue weighted by Crippen LogP contribution is 2.68. The van der Waals surface area contributed by atoms with E-state index in [1.54, 1.807) is 0 Å². The van der Waals surface area contributed by atoms with Crippen molar-refractivity contribution in [2.75, 3.05) is 7.11 Å². The summed E-state index contributed by atoms with van der Waals surface area (Å²) in [5, 5.41) is 10.2. The van der Waals surface area contributed by atoms with Crippen LogP contribution in [0.1, 0.15) is 91.4 Å². The molecular weight excluding hydrogens is 348 g/mol. The Hall–Kier alpha value is -0.570. The lowest BCUT2D eigenvalue weighted by atomic mass is 9.44. The van der Waals surface area contributed by atoms with Gasteiger partial charge in [0.05, 0.1) is 13.2 Å². The van der Waals surface area contributed by atoms with Crippen LogP contribution in [0.2, 0.25) is 0 Å². The highest BCUT2D eigenvalue weighted by molar-refractivity contribution is 5.69. The van der Waals surface area contributed by atoms with Gasteiger partial charge in [0, 0.05) is 6.42 Å². The van der Waals surface area contributed by atoms with Crippen LogP contribution >= 0.6 is 0 Å². The highest BCUT2D eigenvalue weighted by atomic mass is 16.5. The van der Waals surface area contributed by atoms with E-state index in [1.165, 1.54) is 52.1 Å². The fourth-order valence-electron chi connectivity index (χ4n) is 8.86. The second-order valence-corrected chi connectivity index (χ2v) is 11.4. The molecule has 0 radical (unpaired) electrons. The second kappa shape index (κ2) is 7.60. The molecule has 0 bridgehead atoms. The van der Waals surface area contributed by atoms with Gasteiger partial charge in [-0.3, -0.25) is 4.79 Å². The third-order valence-corrected chi connectivity index (χ3v) is 10.4. The third-order valence-electron chi connectivity index (χ3n) is 10.4. The smallest absolute Gasteiger partial charge is 0.305 e. The molecule has 28 heavy (non-hydrogen) atoms. The molecule has 0 saturated heterocycles. The zero-order valence-corrected chi connectivity index (χ0v) is 18.6. The molecule has 3 nitrogen and oxygen atoms in total. The van der Waals surface area contributed by atoms with Crippen LogP contribution in [0.5, 0.6) is 0 Å². The standard InChI is InChI=1S/C25H42O3/c1-16(5-10-23(27)28-4)20-8-9-21-19-7-6-17-15-18(26)11-13-24(17,2)22(19)12-14-25(20,21)3/h16-22,26H,5-15H2,1-4H3/t16?,17-,18?,19+,20?,21?,22?,24+,25-/m1/s1. The summed E-state index contributed by atoms with van der Waals surface area (Å²) in [7, 11) is 1.50. The zero-order chi connectivity index (χ0) is 20.1. The van der Waals surface area contributed by atoms with E-state index < -0.39 is 0 Å². The maximum absolute atomic E-state index is 11.6. The molecule has 160 valence electrons. The Balaban J connectivity index is 1.48. The lowest BCUT2D eigenvalue weighted by molar-refractivity contribution is -0.141. The summed E-state index contributed by atoms with van der Waals surface area (Å²) in [6, 6.07) is 0. The highest BCUT2D eigenvalue weighted by Gasteiger charge is 2.60. The molecule has 4 rings (SSSR count). The Bertz CT molecular complexity index is 588. The Morgan fingerprint density at radius 3 is 2.50 bits per heavy atom. The molecule has 0 spiro atoms. The first-order chi connectivity index (χ1) is 13.3. The summed E-state index contributed by atoms with van der Waals surface area (Å²) in [5.74, 6) is 4.72. The van der Waals surface area contributed by atoms with Gasteiger partial charge < -0.3 is 9.84 Å². The van der Waals surface area contributed by atoms with E-state index in [-0.39, 0.29) is 12.1 Å². The van der Waals surface area contributed by atoms with E-state index in [0.29, 0.717) is 23.2 Å². The summed E-state index contributed by atoms with van der Waals surface area (Å²) < 4.78 is 4.88. The first-order valence-corrected chi connectivity index (χ1v) is 12.0. The first kappa shape index (κ1) is 20.7. The second-order valence-electron chi connectivity index (χ2n) is 11.4. The average Bonchev–Trinajstić information content (AvgIpc) is 3.03. The lowest BCUT2D eigenvalue weighted by Gasteiger charge is -2.61. The van der Waals surface area contributed by atoms with Gasteiger partial charge in [0.25, 0.3) is 0 Å². The van der Waals surface area contributed by atoms with E-state index in [9.17, 15) is 9.90 Å². The summed E-state index contributed by atoms with van der Waals surface area (Å²) in [6.45, 7) is 7.56. The van der Waals surface area contributed by atoms with Gasteiger partial charge >= 0.3 is 5.97 Å². The molecule has 3 heteroatoms. The van der Waals surface area contributed by atoms with E-state index >= 15 is 0 Å². The molecule has 4 aliphatic rings. The van der Waals surface area contributed by atoms with Gasteiger partial charge in [-0.05, 0) is 111 Å². The van der Waals surface area contributed by atoms with Crippen LogP contribution in [0.4, 0.5) is 0 Å². The fourth-order valence-corrected chi connectivity index (χ4v) is 8.86. The molecule has 0 aromatic rings. The van der Waals surface area contributed by atoms with Crippen LogP contribution < -0.4 is 0 Å². The topological polar surface area (TPSA) is 46.5 Å². The van der Waals surface area contributed by atoms with Crippen molar-refractivity contribution in [2.45, 2.75) is 97.5 Å². The van der Waals surface area contributed by atoms with Gasteiger partial charge in [0.15, 0.2) is 0 Å². The molecule has 0 amide bonds. The SMILES string of the molecule is COC(=O)CCC(C)C1CCC2[C@@H]3CC[C@@H]4CC(O)CC[C@]4(C)C3CC[C@]12C. The van der Waals surface area contributed by atoms with Crippen LogP contribution in [0.15, 0.2) is 0 Å². The Morgan fingerprint density at radius 2 is 1.75 bits per heavy atom. The van der Waals surface area contributed by atoms with Crippen LogP contribution in [-0.4, -0.2) is 24.3 Å². The molecule has 4 fully saturated rings. The summed E-state index contributed by atoms with van der Waals surface area (Å²) in [6.07, 6.45) is 13.1. The monoisotopic (exact) mass is 390 g/mol. The summed E-state index contributed by atoms with van der Waals surface area (Å²) >= 11 is 0. The molecule has 1 N–H and O–H groups in total. The van der Waals surface area contributed by atoms with Gasteiger partial charge in [0.2, 0.25) is 0 Å². The van der Waals surface area contributed by atoms with Crippen molar-refractivity contribution in [3.8, 4) is 0 Å². The molecule has 0 aromatic carbocycles. The van der Waals surface area contributed by atoms with Gasteiger partial charge in [-0.25, -0.2) is 0 Å². The number of carbonyl (C=O) groups excluding carboxylic acids is 1. The maximum Gasteiger partial charge on any atom is 0.305 e. The van der Waals surface area contributed by atoms with Gasteiger partial charge in [-0.2, -0.15) is 0 Å². The average molecular weight is 391 g/mol. The number of ether oxygens (including phenoxy) is 1. The minimum atomic E-state index is -0.0546. The largest absolute Gasteiger partial charge is 0.469 e. The van der Waals surface area contributed by atoms with Crippen LogP contribution in [0, 0.1) is 46.3 Å². The minimum Gasteiger partial charge on any atom is -0.469 e. The van der Waals surface area contributed by atoms with E-state index in [1.807, 2.05) is 0 Å². The van der Waals surface area contributed by atoms with Crippen molar-refractivity contribution >= 4 is 5.97 Å². The lowest BCUT2D eigenvalue weighted by Crippen LogP contribution is -2.54. The quantitative estimate of drug-likeness (QED) is 0.636. The summed E-state index contributed by atoms with van der Waals surface area (Å²) in [5.41, 5.74) is 0.937. The molecule has 0 heterocycles. The molecular formula is C25H42O3. The number of esters is 1. The number of carbonyl (C=O) groups is 1. The van der Waals surface area contributed by atoms with Crippen molar-refractivity contribution in [3.63, 3.8) is 0 Å². The van der Waals surface area contributed by atoms with Gasteiger partial charge in [0.1, 0.15) is 0 Å². The predicted octanol–water partition coefficient (Wildman–Crippen LogP) is 5.60. The Kier molecular flexibility index (Phi) is 5.61. The number of hydrogen-bond acceptors (Lipinski definition) is 3. The zero-order valence-electron chi connectivity index (χ0n) is 18.6. The van der Waals surface area contributed by atoms with Crippen molar-refractivity contribution < 1.29 is 14.6 Å².